The van der Waals surface area contributed by atoms with E-state index in [-0.39, 0.29) is 10.7 Å². The SMILES string of the molecule is Nc1cccnc1N1CC(Br)CC1=O. The number of hydrogen-bond donors (Lipinski definition) is 1. The van der Waals surface area contributed by atoms with Crippen LogP contribution in [0.4, 0.5) is 11.5 Å². The molecule has 1 fully saturated rings. The molecule has 0 aliphatic carbocycles. The largest absolute Gasteiger partial charge is 0.396 e. The van der Waals surface area contributed by atoms with Crippen molar-refractivity contribution < 1.29 is 4.79 Å². The van der Waals surface area contributed by atoms with E-state index in [1.807, 2.05) is 0 Å². The number of anilines is 2. The maximum atomic E-state index is 11.5. The van der Waals surface area contributed by atoms with Crippen molar-refractivity contribution in [3.63, 3.8) is 0 Å². The van der Waals surface area contributed by atoms with Crippen molar-refractivity contribution in [3.05, 3.63) is 18.3 Å². The summed E-state index contributed by atoms with van der Waals surface area (Å²) in [6.07, 6.45) is 2.15. The Balaban J connectivity index is 2.32. The first kappa shape index (κ1) is 9.45. The van der Waals surface area contributed by atoms with Crippen LogP contribution in [0.2, 0.25) is 0 Å². The summed E-state index contributed by atoms with van der Waals surface area (Å²) in [4.78, 5) is 17.5. The van der Waals surface area contributed by atoms with Crippen LogP contribution in [0.1, 0.15) is 6.42 Å². The maximum absolute atomic E-state index is 11.5. The van der Waals surface area contributed by atoms with Gasteiger partial charge in [0.25, 0.3) is 0 Å². The van der Waals surface area contributed by atoms with Gasteiger partial charge in [-0.15, -0.1) is 0 Å². The number of rotatable bonds is 1. The molecule has 2 N–H and O–H groups in total. The second-order valence-electron chi connectivity index (χ2n) is 3.22. The molecule has 0 aromatic carbocycles. The van der Waals surface area contributed by atoms with E-state index in [0.29, 0.717) is 24.5 Å². The molecule has 2 heterocycles. The zero-order chi connectivity index (χ0) is 10.1. The van der Waals surface area contributed by atoms with E-state index in [9.17, 15) is 4.79 Å². The van der Waals surface area contributed by atoms with Crippen molar-refractivity contribution in [1.29, 1.82) is 0 Å². The van der Waals surface area contributed by atoms with Gasteiger partial charge in [0, 0.05) is 24.0 Å². The normalized spacial score (nSPS) is 21.6. The molecule has 1 aliphatic rings. The second kappa shape index (κ2) is 3.57. The number of carbonyl (C=O) groups is 1. The first-order valence-electron chi connectivity index (χ1n) is 4.33. The average Bonchev–Trinajstić information content (AvgIpc) is 2.46. The van der Waals surface area contributed by atoms with Crippen molar-refractivity contribution in [2.24, 2.45) is 0 Å². The summed E-state index contributed by atoms with van der Waals surface area (Å²) in [6, 6.07) is 3.50. The average molecular weight is 256 g/mol. The highest BCUT2D eigenvalue weighted by Crippen LogP contribution is 2.27. The van der Waals surface area contributed by atoms with Gasteiger partial charge in [0.1, 0.15) is 0 Å². The highest BCUT2D eigenvalue weighted by atomic mass is 79.9. The number of nitrogens with zero attached hydrogens (tertiary/aromatic N) is 2. The molecule has 2 rings (SSSR count). The Morgan fingerprint density at radius 2 is 2.43 bits per heavy atom. The molecule has 5 heteroatoms. The van der Waals surface area contributed by atoms with Crippen LogP contribution in [0.3, 0.4) is 0 Å². The quantitative estimate of drug-likeness (QED) is 0.767. The minimum atomic E-state index is 0.0669. The van der Waals surface area contributed by atoms with Gasteiger partial charge in [-0.05, 0) is 12.1 Å². The Morgan fingerprint density at radius 1 is 1.64 bits per heavy atom. The Bertz CT molecular complexity index is 369. The smallest absolute Gasteiger partial charge is 0.229 e. The minimum Gasteiger partial charge on any atom is -0.396 e. The highest BCUT2D eigenvalue weighted by Gasteiger charge is 2.30. The fraction of sp³-hybridized carbons (Fsp3) is 0.333. The van der Waals surface area contributed by atoms with Crippen molar-refractivity contribution in [1.82, 2.24) is 4.98 Å². The molecule has 0 bridgehead atoms. The molecule has 1 aliphatic heterocycles. The van der Waals surface area contributed by atoms with E-state index < -0.39 is 0 Å². The van der Waals surface area contributed by atoms with Gasteiger partial charge in [0.2, 0.25) is 5.91 Å². The maximum Gasteiger partial charge on any atom is 0.229 e. The summed E-state index contributed by atoms with van der Waals surface area (Å²) in [5.74, 6) is 0.636. The molecule has 14 heavy (non-hydrogen) atoms. The van der Waals surface area contributed by atoms with Crippen molar-refractivity contribution in [3.8, 4) is 0 Å². The number of pyridine rings is 1. The first-order chi connectivity index (χ1) is 6.68. The topological polar surface area (TPSA) is 59.2 Å². The third-order valence-electron chi connectivity index (χ3n) is 2.15. The van der Waals surface area contributed by atoms with Gasteiger partial charge >= 0.3 is 0 Å². The Labute approximate surface area is 90.2 Å². The molecule has 0 radical (unpaired) electrons. The first-order valence-corrected chi connectivity index (χ1v) is 5.25. The predicted molar refractivity (Wildman–Crippen MR) is 58.3 cm³/mol. The van der Waals surface area contributed by atoms with Gasteiger partial charge < -0.3 is 5.73 Å². The van der Waals surface area contributed by atoms with Crippen LogP contribution in [0.25, 0.3) is 0 Å². The van der Waals surface area contributed by atoms with E-state index >= 15 is 0 Å². The lowest BCUT2D eigenvalue weighted by molar-refractivity contribution is -0.117. The van der Waals surface area contributed by atoms with Crippen LogP contribution in [0.15, 0.2) is 18.3 Å². The van der Waals surface area contributed by atoms with Gasteiger partial charge in [0.05, 0.1) is 5.69 Å². The number of aromatic nitrogens is 1. The molecular weight excluding hydrogens is 246 g/mol. The number of halogens is 1. The molecule has 1 unspecified atom stereocenters. The lowest BCUT2D eigenvalue weighted by Crippen LogP contribution is -2.26. The van der Waals surface area contributed by atoms with Crippen LogP contribution >= 0.6 is 15.9 Å². The van der Waals surface area contributed by atoms with Gasteiger partial charge in [-0.2, -0.15) is 0 Å². The highest BCUT2D eigenvalue weighted by molar-refractivity contribution is 9.09. The Hall–Kier alpha value is -1.10. The van der Waals surface area contributed by atoms with Gasteiger partial charge in [-0.3, -0.25) is 9.69 Å². The molecule has 0 saturated carbocycles. The lowest BCUT2D eigenvalue weighted by Gasteiger charge is -2.15. The Morgan fingerprint density at radius 3 is 3.00 bits per heavy atom. The molecule has 1 saturated heterocycles. The van der Waals surface area contributed by atoms with E-state index in [1.54, 1.807) is 23.2 Å². The fourth-order valence-electron chi connectivity index (χ4n) is 1.50. The van der Waals surface area contributed by atoms with E-state index in [2.05, 4.69) is 20.9 Å². The van der Waals surface area contributed by atoms with Crippen LogP contribution < -0.4 is 10.6 Å². The monoisotopic (exact) mass is 255 g/mol. The number of nitrogens with two attached hydrogens (primary N) is 1. The molecule has 1 atom stereocenters. The molecule has 1 aromatic rings. The van der Waals surface area contributed by atoms with Gasteiger partial charge in [-0.25, -0.2) is 4.98 Å². The minimum absolute atomic E-state index is 0.0669. The molecule has 1 aromatic heterocycles. The molecule has 1 amide bonds. The molecule has 0 spiro atoms. The summed E-state index contributed by atoms with van der Waals surface area (Å²) < 4.78 is 0. The fourth-order valence-corrected chi connectivity index (χ4v) is 2.07. The van der Waals surface area contributed by atoms with E-state index in [4.69, 9.17) is 5.73 Å². The zero-order valence-corrected chi connectivity index (χ0v) is 9.07. The summed E-state index contributed by atoms with van der Waals surface area (Å²) in [5.41, 5.74) is 6.28. The van der Waals surface area contributed by atoms with Crippen molar-refractivity contribution in [2.75, 3.05) is 17.2 Å². The molecule has 74 valence electrons. The third-order valence-corrected chi connectivity index (χ3v) is 2.76. The summed E-state index contributed by atoms with van der Waals surface area (Å²) >= 11 is 3.41. The number of carbonyl (C=O) groups excluding carboxylic acids is 1. The third kappa shape index (κ3) is 1.59. The van der Waals surface area contributed by atoms with Crippen LogP contribution in [0, 0.1) is 0 Å². The van der Waals surface area contributed by atoms with E-state index in [1.165, 1.54) is 0 Å². The van der Waals surface area contributed by atoms with Crippen LogP contribution in [0.5, 0.6) is 0 Å². The van der Waals surface area contributed by atoms with Gasteiger partial charge in [-0.1, -0.05) is 15.9 Å². The van der Waals surface area contributed by atoms with Crippen molar-refractivity contribution >= 4 is 33.3 Å². The summed E-state index contributed by atoms with van der Waals surface area (Å²) in [5, 5.41) is 0. The van der Waals surface area contributed by atoms with E-state index in [0.717, 1.165) is 0 Å². The van der Waals surface area contributed by atoms with Crippen LogP contribution in [-0.2, 0) is 4.79 Å². The standard InChI is InChI=1S/C9H10BrN3O/c10-6-4-8(14)13(5-6)9-7(11)2-1-3-12-9/h1-3,6H,4-5,11H2. The number of amides is 1. The molecular formula is C9H10BrN3O. The predicted octanol–water partition coefficient (Wildman–Crippen LogP) is 1.16. The number of hydrogen-bond acceptors (Lipinski definition) is 3. The molecule has 4 nitrogen and oxygen atoms in total. The summed E-state index contributed by atoms with van der Waals surface area (Å²) in [7, 11) is 0. The zero-order valence-electron chi connectivity index (χ0n) is 7.48. The Kier molecular flexibility index (Phi) is 2.41. The number of nitrogen functional groups attached to an aromatic ring is 1. The van der Waals surface area contributed by atoms with Gasteiger partial charge in [0.15, 0.2) is 5.82 Å². The lowest BCUT2D eigenvalue weighted by atomic mass is 10.4. The van der Waals surface area contributed by atoms with Crippen LogP contribution in [-0.4, -0.2) is 22.3 Å². The summed E-state index contributed by atoms with van der Waals surface area (Å²) in [6.45, 7) is 0.639. The van der Waals surface area contributed by atoms with Crippen molar-refractivity contribution in [2.45, 2.75) is 11.2 Å². The second-order valence-corrected chi connectivity index (χ2v) is 4.52. The number of alkyl halides is 1.